The van der Waals surface area contributed by atoms with Crippen LogP contribution in [0.5, 0.6) is 0 Å². The van der Waals surface area contributed by atoms with Crippen molar-refractivity contribution in [1.29, 1.82) is 0 Å². The first-order chi connectivity index (χ1) is 6.74. The molecule has 0 fully saturated rings. The van der Waals surface area contributed by atoms with Crippen LogP contribution in [0.2, 0.25) is 0 Å². The first-order valence-electron chi connectivity index (χ1n) is 4.56. The molecule has 0 aliphatic carbocycles. The highest BCUT2D eigenvalue weighted by Crippen LogP contribution is 2.32. The molecular formula is C10H14BrO2P. The summed E-state index contributed by atoms with van der Waals surface area (Å²) in [5.74, 6) is 0. The molecule has 0 bridgehead atoms. The quantitative estimate of drug-likeness (QED) is 0.836. The van der Waals surface area contributed by atoms with Crippen molar-refractivity contribution in [3.8, 4) is 0 Å². The monoisotopic (exact) mass is 276 g/mol. The summed E-state index contributed by atoms with van der Waals surface area (Å²) in [6.07, 6.45) is 1.55. The molecule has 4 heteroatoms. The van der Waals surface area contributed by atoms with Crippen LogP contribution in [0.3, 0.4) is 0 Å². The Morgan fingerprint density at radius 2 is 2.14 bits per heavy atom. The standard InChI is InChI=1S/C10H14BrO2P/c1-2-13-14(12)8-7-9-5-3-4-6-10(9)11/h3-6,12H,2,7-8H2,1H3. The van der Waals surface area contributed by atoms with Crippen molar-refractivity contribution in [2.75, 3.05) is 12.8 Å². The molecule has 1 rings (SSSR count). The lowest BCUT2D eigenvalue weighted by Crippen LogP contribution is -1.94. The van der Waals surface area contributed by atoms with Crippen molar-refractivity contribution in [1.82, 2.24) is 0 Å². The molecule has 1 aromatic rings. The second-order valence-electron chi connectivity index (χ2n) is 2.83. The Hall–Kier alpha value is 0.0500. The van der Waals surface area contributed by atoms with Crippen LogP contribution in [-0.2, 0) is 10.9 Å². The normalized spacial score (nSPS) is 12.8. The lowest BCUT2D eigenvalue weighted by Gasteiger charge is -2.09. The maximum atomic E-state index is 9.43. The Labute approximate surface area is 94.3 Å². The van der Waals surface area contributed by atoms with E-state index in [-0.39, 0.29) is 0 Å². The van der Waals surface area contributed by atoms with Gasteiger partial charge >= 0.3 is 0 Å². The second-order valence-corrected chi connectivity index (χ2v) is 5.10. The number of aryl methyl sites for hydroxylation is 1. The first kappa shape index (κ1) is 12.1. The molecule has 1 aromatic carbocycles. The Kier molecular flexibility index (Phi) is 5.64. The van der Waals surface area contributed by atoms with E-state index in [9.17, 15) is 4.89 Å². The first-order valence-corrected chi connectivity index (χ1v) is 6.76. The molecule has 2 nitrogen and oxygen atoms in total. The van der Waals surface area contributed by atoms with Crippen LogP contribution in [-0.4, -0.2) is 17.7 Å². The van der Waals surface area contributed by atoms with Crippen LogP contribution in [0.15, 0.2) is 28.7 Å². The number of halogens is 1. The van der Waals surface area contributed by atoms with E-state index in [4.69, 9.17) is 4.52 Å². The van der Waals surface area contributed by atoms with Crippen LogP contribution in [0.4, 0.5) is 0 Å². The SMILES string of the molecule is CCOP(O)CCc1ccccc1Br. The predicted octanol–water partition coefficient (Wildman–Crippen LogP) is 3.33. The molecule has 1 unspecified atom stereocenters. The fraction of sp³-hybridized carbons (Fsp3) is 0.400. The topological polar surface area (TPSA) is 29.5 Å². The number of hydrogen-bond acceptors (Lipinski definition) is 2. The third-order valence-corrected chi connectivity index (χ3v) is 3.74. The van der Waals surface area contributed by atoms with Crippen molar-refractivity contribution in [3.05, 3.63) is 34.3 Å². The Morgan fingerprint density at radius 3 is 2.79 bits per heavy atom. The Morgan fingerprint density at radius 1 is 1.43 bits per heavy atom. The van der Waals surface area contributed by atoms with Gasteiger partial charge in [-0.2, -0.15) is 0 Å². The van der Waals surface area contributed by atoms with Crippen molar-refractivity contribution < 1.29 is 9.42 Å². The smallest absolute Gasteiger partial charge is 0.168 e. The molecule has 78 valence electrons. The number of hydrogen-bond donors (Lipinski definition) is 1. The average molecular weight is 277 g/mol. The summed E-state index contributed by atoms with van der Waals surface area (Å²) in [4.78, 5) is 9.43. The van der Waals surface area contributed by atoms with Gasteiger partial charge in [-0.05, 0) is 25.0 Å². The van der Waals surface area contributed by atoms with Crippen LogP contribution in [0.1, 0.15) is 12.5 Å². The van der Waals surface area contributed by atoms with Crippen molar-refractivity contribution in [3.63, 3.8) is 0 Å². The second kappa shape index (κ2) is 6.52. The van der Waals surface area contributed by atoms with E-state index in [1.165, 1.54) is 5.56 Å². The van der Waals surface area contributed by atoms with Gasteiger partial charge in [0, 0.05) is 10.6 Å². The lowest BCUT2D eigenvalue weighted by molar-refractivity contribution is 0.329. The van der Waals surface area contributed by atoms with Crippen LogP contribution >= 0.6 is 24.3 Å². The summed E-state index contributed by atoms with van der Waals surface area (Å²) in [6, 6.07) is 8.05. The lowest BCUT2D eigenvalue weighted by atomic mass is 10.2. The van der Waals surface area contributed by atoms with Crippen LogP contribution in [0.25, 0.3) is 0 Å². The van der Waals surface area contributed by atoms with E-state index in [1.54, 1.807) is 0 Å². The zero-order chi connectivity index (χ0) is 10.4. The summed E-state index contributed by atoms with van der Waals surface area (Å²) < 4.78 is 6.21. The van der Waals surface area contributed by atoms with E-state index in [2.05, 4.69) is 22.0 Å². The summed E-state index contributed by atoms with van der Waals surface area (Å²) in [7, 11) is -1.24. The molecule has 14 heavy (non-hydrogen) atoms. The van der Waals surface area contributed by atoms with E-state index in [1.807, 2.05) is 25.1 Å². The van der Waals surface area contributed by atoms with Gasteiger partial charge < -0.3 is 9.42 Å². The molecule has 0 radical (unpaired) electrons. The van der Waals surface area contributed by atoms with E-state index < -0.39 is 8.38 Å². The van der Waals surface area contributed by atoms with Gasteiger partial charge in [0.05, 0.1) is 6.61 Å². The highest BCUT2D eigenvalue weighted by Gasteiger charge is 2.05. The van der Waals surface area contributed by atoms with Gasteiger partial charge in [-0.15, -0.1) is 0 Å². The minimum Gasteiger partial charge on any atom is -0.350 e. The highest BCUT2D eigenvalue weighted by atomic mass is 79.9. The van der Waals surface area contributed by atoms with Gasteiger partial charge in [0.15, 0.2) is 8.38 Å². The summed E-state index contributed by atoms with van der Waals surface area (Å²) in [5.41, 5.74) is 1.22. The van der Waals surface area contributed by atoms with E-state index >= 15 is 0 Å². The van der Waals surface area contributed by atoms with Gasteiger partial charge in [0.25, 0.3) is 0 Å². The Balaban J connectivity index is 2.41. The largest absolute Gasteiger partial charge is 0.350 e. The van der Waals surface area contributed by atoms with Gasteiger partial charge in [-0.3, -0.25) is 0 Å². The van der Waals surface area contributed by atoms with Crippen molar-refractivity contribution in [2.24, 2.45) is 0 Å². The zero-order valence-electron chi connectivity index (χ0n) is 8.11. The van der Waals surface area contributed by atoms with Gasteiger partial charge in [-0.1, -0.05) is 34.1 Å². The van der Waals surface area contributed by atoms with Gasteiger partial charge in [-0.25, -0.2) is 0 Å². The third-order valence-electron chi connectivity index (χ3n) is 1.81. The maximum absolute atomic E-state index is 9.43. The average Bonchev–Trinajstić information content (AvgIpc) is 2.17. The Bertz CT molecular complexity index is 281. The maximum Gasteiger partial charge on any atom is 0.168 e. The summed E-state index contributed by atoms with van der Waals surface area (Å²) >= 11 is 3.47. The minimum absolute atomic E-state index is 0.582. The molecule has 0 saturated carbocycles. The van der Waals surface area contributed by atoms with Crippen LogP contribution < -0.4 is 0 Å². The molecule has 1 N–H and O–H groups in total. The molecular weight excluding hydrogens is 263 g/mol. The number of benzene rings is 1. The fourth-order valence-electron chi connectivity index (χ4n) is 1.13. The molecule has 0 aliphatic heterocycles. The predicted molar refractivity (Wildman–Crippen MR) is 63.5 cm³/mol. The molecule has 0 aliphatic rings. The summed E-state index contributed by atoms with van der Waals surface area (Å²) in [6.45, 7) is 2.47. The van der Waals surface area contributed by atoms with Crippen molar-refractivity contribution in [2.45, 2.75) is 13.3 Å². The molecule has 0 amide bonds. The molecule has 0 aromatic heterocycles. The van der Waals surface area contributed by atoms with Gasteiger partial charge in [0.1, 0.15) is 0 Å². The summed E-state index contributed by atoms with van der Waals surface area (Å²) in [5, 5.41) is 0. The van der Waals surface area contributed by atoms with E-state index in [0.717, 1.165) is 10.9 Å². The molecule has 0 saturated heterocycles. The fourth-order valence-corrected chi connectivity index (χ4v) is 2.47. The molecule has 1 atom stereocenters. The number of rotatable bonds is 5. The van der Waals surface area contributed by atoms with Gasteiger partial charge in [0.2, 0.25) is 0 Å². The third kappa shape index (κ3) is 4.05. The van der Waals surface area contributed by atoms with Crippen LogP contribution in [0, 0.1) is 0 Å². The highest BCUT2D eigenvalue weighted by molar-refractivity contribution is 9.10. The van der Waals surface area contributed by atoms with Crippen molar-refractivity contribution >= 4 is 24.3 Å². The zero-order valence-corrected chi connectivity index (χ0v) is 10.6. The molecule has 0 spiro atoms. The molecule has 0 heterocycles. The van der Waals surface area contributed by atoms with E-state index in [0.29, 0.717) is 12.8 Å². The minimum atomic E-state index is -1.24.